The van der Waals surface area contributed by atoms with Gasteiger partial charge in [-0.25, -0.2) is 0 Å². The lowest BCUT2D eigenvalue weighted by molar-refractivity contribution is -0.137. The largest absolute Gasteiger partial charge is 0.481 e. The SMILES string of the molecule is N#Cc1ccc(/C=C/C(=O)NC(CC(=O)O)c2ccc3ccccc3c2)cc1. The van der Waals surface area contributed by atoms with Gasteiger partial charge in [0.25, 0.3) is 0 Å². The van der Waals surface area contributed by atoms with Crippen molar-refractivity contribution in [2.24, 2.45) is 0 Å². The molecule has 5 heteroatoms. The summed E-state index contributed by atoms with van der Waals surface area (Å²) in [4.78, 5) is 23.6. The van der Waals surface area contributed by atoms with Crippen LogP contribution in [0.3, 0.4) is 0 Å². The zero-order valence-corrected chi connectivity index (χ0v) is 15.0. The second-order valence-electron chi connectivity index (χ2n) is 6.33. The van der Waals surface area contributed by atoms with Gasteiger partial charge in [-0.1, -0.05) is 48.5 Å². The van der Waals surface area contributed by atoms with Crippen molar-refractivity contribution in [2.45, 2.75) is 12.5 Å². The van der Waals surface area contributed by atoms with Gasteiger partial charge in [-0.2, -0.15) is 5.26 Å². The molecule has 0 aliphatic carbocycles. The molecule has 0 bridgehead atoms. The van der Waals surface area contributed by atoms with Crippen LogP contribution in [0.1, 0.15) is 29.2 Å². The van der Waals surface area contributed by atoms with Gasteiger partial charge in [-0.3, -0.25) is 9.59 Å². The molecule has 0 aliphatic heterocycles. The van der Waals surface area contributed by atoms with E-state index >= 15 is 0 Å². The fourth-order valence-corrected chi connectivity index (χ4v) is 2.91. The number of fused-ring (bicyclic) bond motifs is 1. The van der Waals surface area contributed by atoms with Gasteiger partial charge in [0.1, 0.15) is 0 Å². The minimum absolute atomic E-state index is 0.214. The fraction of sp³-hybridized carbons (Fsp3) is 0.0870. The van der Waals surface area contributed by atoms with Crippen LogP contribution < -0.4 is 5.32 Å². The number of carbonyl (C=O) groups is 2. The number of carboxylic acid groups (broad SMARTS) is 1. The molecule has 5 nitrogen and oxygen atoms in total. The van der Waals surface area contributed by atoms with Gasteiger partial charge in [-0.05, 0) is 46.2 Å². The number of amides is 1. The third kappa shape index (κ3) is 4.83. The van der Waals surface area contributed by atoms with Gasteiger partial charge in [0, 0.05) is 6.08 Å². The van der Waals surface area contributed by atoms with Gasteiger partial charge in [0.05, 0.1) is 24.1 Å². The minimum atomic E-state index is -0.991. The summed E-state index contributed by atoms with van der Waals surface area (Å²) in [5, 5.41) is 22.8. The molecule has 3 aromatic carbocycles. The molecule has 0 saturated heterocycles. The van der Waals surface area contributed by atoms with Crippen LogP contribution in [0.2, 0.25) is 0 Å². The van der Waals surface area contributed by atoms with Crippen molar-refractivity contribution < 1.29 is 14.7 Å². The summed E-state index contributed by atoms with van der Waals surface area (Å²) in [5.74, 6) is -1.38. The van der Waals surface area contributed by atoms with E-state index in [1.807, 2.05) is 48.5 Å². The monoisotopic (exact) mass is 370 g/mol. The molecule has 1 amide bonds. The molecule has 28 heavy (non-hydrogen) atoms. The van der Waals surface area contributed by atoms with Gasteiger partial charge in [-0.15, -0.1) is 0 Å². The van der Waals surface area contributed by atoms with Crippen LogP contribution in [0.15, 0.2) is 72.8 Å². The first-order chi connectivity index (χ1) is 13.5. The summed E-state index contributed by atoms with van der Waals surface area (Å²) in [6.45, 7) is 0. The molecular weight excluding hydrogens is 352 g/mol. The summed E-state index contributed by atoms with van der Waals surface area (Å²) >= 11 is 0. The van der Waals surface area contributed by atoms with Crippen molar-refractivity contribution in [3.63, 3.8) is 0 Å². The Morgan fingerprint density at radius 3 is 2.43 bits per heavy atom. The highest BCUT2D eigenvalue weighted by molar-refractivity contribution is 5.92. The average Bonchev–Trinajstić information content (AvgIpc) is 2.71. The number of aliphatic carboxylic acids is 1. The Morgan fingerprint density at radius 1 is 1.04 bits per heavy atom. The van der Waals surface area contributed by atoms with Crippen LogP contribution in [0, 0.1) is 11.3 Å². The molecule has 0 saturated carbocycles. The lowest BCUT2D eigenvalue weighted by Crippen LogP contribution is -2.28. The van der Waals surface area contributed by atoms with Gasteiger partial charge in [0.15, 0.2) is 0 Å². The summed E-state index contributed by atoms with van der Waals surface area (Å²) in [6, 6.07) is 21.6. The van der Waals surface area contributed by atoms with E-state index in [9.17, 15) is 14.7 Å². The van der Waals surface area contributed by atoms with E-state index < -0.39 is 12.0 Å². The van der Waals surface area contributed by atoms with E-state index in [1.165, 1.54) is 6.08 Å². The molecular formula is C23H18N2O3. The highest BCUT2D eigenvalue weighted by atomic mass is 16.4. The molecule has 2 N–H and O–H groups in total. The Balaban J connectivity index is 1.77. The number of benzene rings is 3. The van der Waals surface area contributed by atoms with Crippen LogP contribution in [0.5, 0.6) is 0 Å². The third-order valence-electron chi connectivity index (χ3n) is 4.34. The van der Waals surface area contributed by atoms with E-state index in [0.717, 1.165) is 21.9 Å². The van der Waals surface area contributed by atoms with Crippen molar-refractivity contribution >= 4 is 28.7 Å². The molecule has 0 radical (unpaired) electrons. The first-order valence-corrected chi connectivity index (χ1v) is 8.74. The molecule has 3 aromatic rings. The second kappa shape index (κ2) is 8.65. The van der Waals surface area contributed by atoms with Crippen molar-refractivity contribution in [1.82, 2.24) is 5.32 Å². The number of hydrogen-bond donors (Lipinski definition) is 2. The molecule has 0 heterocycles. The van der Waals surface area contributed by atoms with Crippen molar-refractivity contribution in [2.75, 3.05) is 0 Å². The summed E-state index contributed by atoms with van der Waals surface area (Å²) in [5.41, 5.74) is 2.05. The highest BCUT2D eigenvalue weighted by Gasteiger charge is 2.17. The second-order valence-corrected chi connectivity index (χ2v) is 6.33. The highest BCUT2D eigenvalue weighted by Crippen LogP contribution is 2.22. The van der Waals surface area contributed by atoms with Crippen LogP contribution in [-0.2, 0) is 9.59 Å². The lowest BCUT2D eigenvalue weighted by Gasteiger charge is -2.17. The first kappa shape index (κ1) is 18.9. The number of nitrogens with zero attached hydrogens (tertiary/aromatic N) is 1. The van der Waals surface area contributed by atoms with E-state index in [-0.39, 0.29) is 12.3 Å². The molecule has 0 aliphatic rings. The summed E-state index contributed by atoms with van der Waals surface area (Å²) in [7, 11) is 0. The maximum atomic E-state index is 12.3. The third-order valence-corrected chi connectivity index (χ3v) is 4.34. The Bertz CT molecular complexity index is 1080. The Hall–Kier alpha value is -3.91. The zero-order chi connectivity index (χ0) is 19.9. The van der Waals surface area contributed by atoms with E-state index in [2.05, 4.69) is 5.32 Å². The van der Waals surface area contributed by atoms with Gasteiger partial charge >= 0.3 is 5.97 Å². The quantitative estimate of drug-likeness (QED) is 0.640. The molecule has 1 atom stereocenters. The maximum absolute atomic E-state index is 12.3. The van der Waals surface area contributed by atoms with Crippen LogP contribution in [0.4, 0.5) is 0 Å². The number of carbonyl (C=O) groups excluding carboxylic acids is 1. The fourth-order valence-electron chi connectivity index (χ4n) is 2.91. The van der Waals surface area contributed by atoms with Crippen molar-refractivity contribution in [3.05, 3.63) is 89.5 Å². The summed E-state index contributed by atoms with van der Waals surface area (Å²) < 4.78 is 0. The predicted octanol–water partition coefficient (Wildman–Crippen LogP) is 4.06. The number of hydrogen-bond acceptors (Lipinski definition) is 3. The molecule has 1 unspecified atom stereocenters. The van der Waals surface area contributed by atoms with Crippen LogP contribution in [0.25, 0.3) is 16.8 Å². The lowest BCUT2D eigenvalue weighted by atomic mass is 9.99. The Labute approximate surface area is 162 Å². The predicted molar refractivity (Wildman–Crippen MR) is 107 cm³/mol. The average molecular weight is 370 g/mol. The smallest absolute Gasteiger partial charge is 0.305 e. The Kier molecular flexibility index (Phi) is 5.83. The maximum Gasteiger partial charge on any atom is 0.305 e. The zero-order valence-electron chi connectivity index (χ0n) is 15.0. The molecule has 0 aromatic heterocycles. The number of nitriles is 1. The number of nitrogens with one attached hydrogen (secondary N) is 1. The van der Waals surface area contributed by atoms with Crippen LogP contribution >= 0.6 is 0 Å². The molecule has 3 rings (SSSR count). The first-order valence-electron chi connectivity index (χ1n) is 8.74. The number of carboxylic acids is 1. The van der Waals surface area contributed by atoms with E-state index in [0.29, 0.717) is 5.56 Å². The number of rotatable bonds is 6. The molecule has 138 valence electrons. The van der Waals surface area contributed by atoms with E-state index in [1.54, 1.807) is 30.3 Å². The van der Waals surface area contributed by atoms with E-state index in [4.69, 9.17) is 5.26 Å². The standard InChI is InChI=1S/C23H18N2O3/c24-15-17-7-5-16(6-8-17)9-12-22(26)25-21(14-23(27)28)20-11-10-18-3-1-2-4-19(18)13-20/h1-13,21H,14H2,(H,25,26)(H,27,28)/b12-9+. The summed E-state index contributed by atoms with van der Waals surface area (Å²) in [6.07, 6.45) is 2.76. The van der Waals surface area contributed by atoms with Crippen molar-refractivity contribution in [3.8, 4) is 6.07 Å². The topological polar surface area (TPSA) is 90.2 Å². The van der Waals surface area contributed by atoms with Gasteiger partial charge < -0.3 is 10.4 Å². The molecule has 0 spiro atoms. The normalized spacial score (nSPS) is 11.8. The Morgan fingerprint density at radius 2 is 1.75 bits per heavy atom. The van der Waals surface area contributed by atoms with Gasteiger partial charge in [0.2, 0.25) is 5.91 Å². The van der Waals surface area contributed by atoms with Crippen LogP contribution in [-0.4, -0.2) is 17.0 Å². The minimum Gasteiger partial charge on any atom is -0.481 e. The molecule has 0 fully saturated rings. The van der Waals surface area contributed by atoms with Crippen molar-refractivity contribution in [1.29, 1.82) is 5.26 Å².